The van der Waals surface area contributed by atoms with Gasteiger partial charge in [0.25, 0.3) is 0 Å². The molecule has 184 valence electrons. The molecule has 4 heteroatoms. The Kier molecular flexibility index (Phi) is 5.01. The zero-order valence-corrected chi connectivity index (χ0v) is 21.6. The molecular weight excluding hydrogens is 448 g/mol. The van der Waals surface area contributed by atoms with Crippen molar-refractivity contribution in [1.29, 1.82) is 0 Å². The van der Waals surface area contributed by atoms with E-state index >= 15 is 0 Å². The number of hydrogen-bond donors (Lipinski definition) is 1. The standard InChI is InChI=1S/C32H32O4/c1-31(2,3)30-29(36-18-32(30,4)5)24-17-20-16-21(33)11-12-23(20)27-26-22-9-7-6-8-19(22)10-13-25(26)34-14-15-35-28(24)27/h6-13,16-17,33H,14-15,18H2,1-5H3. The molecule has 2 aliphatic heterocycles. The highest BCUT2D eigenvalue weighted by Gasteiger charge is 2.42. The van der Waals surface area contributed by atoms with Crippen LogP contribution in [0.2, 0.25) is 0 Å². The molecule has 6 rings (SSSR count). The highest BCUT2D eigenvalue weighted by molar-refractivity contribution is 6.11. The SMILES string of the molecule is CC(C)(C)C1=C(c2cc3cc(O)ccc3c3c2OCCOc2ccc4ccccc4c2-3)OCC1(C)C. The largest absolute Gasteiger partial charge is 0.508 e. The topological polar surface area (TPSA) is 47.9 Å². The molecular formula is C32H32O4. The maximum atomic E-state index is 10.4. The van der Waals surface area contributed by atoms with E-state index in [9.17, 15) is 5.11 Å². The molecule has 0 bridgehead atoms. The lowest BCUT2D eigenvalue weighted by molar-refractivity contribution is 0.206. The molecule has 0 saturated carbocycles. The fraction of sp³-hybridized carbons (Fsp3) is 0.312. The Labute approximate surface area is 212 Å². The first-order chi connectivity index (χ1) is 17.1. The molecule has 0 amide bonds. The van der Waals surface area contributed by atoms with Crippen LogP contribution in [0, 0.1) is 10.8 Å². The van der Waals surface area contributed by atoms with Crippen LogP contribution < -0.4 is 9.47 Å². The van der Waals surface area contributed by atoms with Gasteiger partial charge in [-0.25, -0.2) is 0 Å². The summed E-state index contributed by atoms with van der Waals surface area (Å²) in [5, 5.41) is 14.6. The first-order valence-electron chi connectivity index (χ1n) is 12.6. The number of aromatic hydroxyl groups is 1. The molecule has 0 unspecified atom stereocenters. The molecule has 1 N–H and O–H groups in total. The second-order valence-corrected chi connectivity index (χ2v) is 11.5. The van der Waals surface area contributed by atoms with Gasteiger partial charge in [-0.15, -0.1) is 0 Å². The van der Waals surface area contributed by atoms with Crippen LogP contribution in [0.25, 0.3) is 38.4 Å². The van der Waals surface area contributed by atoms with E-state index < -0.39 is 0 Å². The average molecular weight is 481 g/mol. The molecule has 36 heavy (non-hydrogen) atoms. The van der Waals surface area contributed by atoms with Crippen LogP contribution in [0.15, 0.2) is 66.2 Å². The van der Waals surface area contributed by atoms with Crippen molar-refractivity contribution >= 4 is 27.3 Å². The van der Waals surface area contributed by atoms with Crippen LogP contribution in [-0.4, -0.2) is 24.9 Å². The van der Waals surface area contributed by atoms with E-state index in [1.807, 2.05) is 12.1 Å². The number of phenols is 1. The zero-order chi connectivity index (χ0) is 25.2. The molecule has 4 aromatic carbocycles. The molecule has 0 aliphatic carbocycles. The summed E-state index contributed by atoms with van der Waals surface area (Å²) in [4.78, 5) is 0. The van der Waals surface area contributed by atoms with Gasteiger partial charge in [0.1, 0.15) is 36.2 Å². The summed E-state index contributed by atoms with van der Waals surface area (Å²) in [5.74, 6) is 2.76. The van der Waals surface area contributed by atoms with Gasteiger partial charge in [-0.1, -0.05) is 65.0 Å². The second kappa shape index (κ2) is 7.92. The minimum absolute atomic E-state index is 0.0919. The molecule has 0 fully saturated rings. The molecule has 2 heterocycles. The molecule has 0 saturated heterocycles. The van der Waals surface area contributed by atoms with E-state index in [2.05, 4.69) is 77.1 Å². The van der Waals surface area contributed by atoms with Crippen molar-refractivity contribution in [2.24, 2.45) is 10.8 Å². The Morgan fingerprint density at radius 1 is 0.778 bits per heavy atom. The van der Waals surface area contributed by atoms with Crippen molar-refractivity contribution in [2.75, 3.05) is 19.8 Å². The van der Waals surface area contributed by atoms with Crippen molar-refractivity contribution in [3.8, 4) is 28.4 Å². The lowest BCUT2D eigenvalue weighted by atomic mass is 9.71. The van der Waals surface area contributed by atoms with Crippen molar-refractivity contribution < 1.29 is 19.3 Å². The number of ether oxygens (including phenoxy) is 3. The van der Waals surface area contributed by atoms with Gasteiger partial charge in [-0.2, -0.15) is 0 Å². The number of hydrogen-bond acceptors (Lipinski definition) is 4. The van der Waals surface area contributed by atoms with Gasteiger partial charge in [0.05, 0.1) is 12.2 Å². The van der Waals surface area contributed by atoms with E-state index in [-0.39, 0.29) is 16.6 Å². The minimum Gasteiger partial charge on any atom is -0.508 e. The second-order valence-electron chi connectivity index (χ2n) is 11.5. The molecule has 4 nitrogen and oxygen atoms in total. The predicted octanol–water partition coefficient (Wildman–Crippen LogP) is 7.95. The first-order valence-corrected chi connectivity index (χ1v) is 12.6. The zero-order valence-electron chi connectivity index (χ0n) is 21.6. The lowest BCUT2D eigenvalue weighted by Crippen LogP contribution is -2.24. The Bertz CT molecular complexity index is 1550. The Morgan fingerprint density at radius 2 is 1.53 bits per heavy atom. The summed E-state index contributed by atoms with van der Waals surface area (Å²) < 4.78 is 19.3. The van der Waals surface area contributed by atoms with Crippen LogP contribution in [-0.2, 0) is 4.74 Å². The Balaban J connectivity index is 1.80. The maximum Gasteiger partial charge on any atom is 0.139 e. The van der Waals surface area contributed by atoms with E-state index in [1.54, 1.807) is 6.07 Å². The Morgan fingerprint density at radius 3 is 2.33 bits per heavy atom. The van der Waals surface area contributed by atoms with E-state index in [1.165, 1.54) is 5.57 Å². The number of phenolic OH excluding ortho intramolecular Hbond substituents is 1. The molecule has 0 atom stereocenters. The summed E-state index contributed by atoms with van der Waals surface area (Å²) in [6, 6.07) is 20.2. The van der Waals surface area contributed by atoms with E-state index in [0.717, 1.165) is 55.5 Å². The minimum atomic E-state index is -0.108. The Hall–Kier alpha value is -3.66. The highest BCUT2D eigenvalue weighted by Crippen LogP contribution is 2.55. The van der Waals surface area contributed by atoms with Crippen LogP contribution in [0.3, 0.4) is 0 Å². The third kappa shape index (κ3) is 3.50. The monoisotopic (exact) mass is 480 g/mol. The molecule has 0 spiro atoms. The number of rotatable bonds is 1. The summed E-state index contributed by atoms with van der Waals surface area (Å²) in [5.41, 5.74) is 3.99. The van der Waals surface area contributed by atoms with E-state index in [0.29, 0.717) is 19.8 Å². The first kappa shape index (κ1) is 22.8. The lowest BCUT2D eigenvalue weighted by Gasteiger charge is -2.31. The molecule has 0 radical (unpaired) electrons. The molecule has 4 aromatic rings. The van der Waals surface area contributed by atoms with Crippen LogP contribution in [0.5, 0.6) is 17.2 Å². The van der Waals surface area contributed by atoms with Crippen molar-refractivity contribution in [3.05, 3.63) is 71.8 Å². The fourth-order valence-electron chi connectivity index (χ4n) is 6.14. The third-order valence-corrected chi connectivity index (χ3v) is 7.28. The van der Waals surface area contributed by atoms with Gasteiger partial charge < -0.3 is 19.3 Å². The maximum absolute atomic E-state index is 10.4. The average Bonchev–Trinajstić information content (AvgIpc) is 3.14. The highest BCUT2D eigenvalue weighted by atomic mass is 16.5. The normalized spacial score (nSPS) is 17.0. The van der Waals surface area contributed by atoms with Crippen LogP contribution >= 0.6 is 0 Å². The van der Waals surface area contributed by atoms with Crippen LogP contribution in [0.1, 0.15) is 40.2 Å². The van der Waals surface area contributed by atoms with E-state index in [4.69, 9.17) is 14.2 Å². The third-order valence-electron chi connectivity index (χ3n) is 7.28. The van der Waals surface area contributed by atoms with Crippen molar-refractivity contribution in [1.82, 2.24) is 0 Å². The van der Waals surface area contributed by atoms with Gasteiger partial charge in [0, 0.05) is 16.5 Å². The summed E-state index contributed by atoms with van der Waals surface area (Å²) in [6.45, 7) is 12.7. The van der Waals surface area contributed by atoms with Gasteiger partial charge in [-0.3, -0.25) is 0 Å². The van der Waals surface area contributed by atoms with Gasteiger partial charge in [-0.05, 0) is 62.9 Å². The molecule has 2 aliphatic rings. The number of benzene rings is 4. The predicted molar refractivity (Wildman–Crippen MR) is 146 cm³/mol. The molecule has 0 aromatic heterocycles. The summed E-state index contributed by atoms with van der Waals surface area (Å²) >= 11 is 0. The smallest absolute Gasteiger partial charge is 0.139 e. The summed E-state index contributed by atoms with van der Waals surface area (Å²) in [7, 11) is 0. The number of fused-ring (bicyclic) bond motifs is 7. The van der Waals surface area contributed by atoms with Crippen LogP contribution in [0.4, 0.5) is 0 Å². The quantitative estimate of drug-likeness (QED) is 0.300. The van der Waals surface area contributed by atoms with Gasteiger partial charge in [0.15, 0.2) is 0 Å². The van der Waals surface area contributed by atoms with Gasteiger partial charge in [0.2, 0.25) is 0 Å². The summed E-state index contributed by atoms with van der Waals surface area (Å²) in [6.07, 6.45) is 0. The van der Waals surface area contributed by atoms with Gasteiger partial charge >= 0.3 is 0 Å². The van der Waals surface area contributed by atoms with Crippen molar-refractivity contribution in [2.45, 2.75) is 34.6 Å². The van der Waals surface area contributed by atoms with Crippen molar-refractivity contribution in [3.63, 3.8) is 0 Å². The fourth-order valence-corrected chi connectivity index (χ4v) is 6.14.